The van der Waals surface area contributed by atoms with Gasteiger partial charge in [0.2, 0.25) is 0 Å². The molecule has 0 amide bonds. The molecule has 0 saturated heterocycles. The lowest BCUT2D eigenvalue weighted by Gasteiger charge is -2.08. The van der Waals surface area contributed by atoms with Crippen molar-refractivity contribution in [2.75, 3.05) is 14.2 Å². The minimum absolute atomic E-state index is 0.208. The summed E-state index contributed by atoms with van der Waals surface area (Å²) in [6.45, 7) is 0. The Balaban J connectivity index is 1.69. The molecule has 0 aliphatic carbocycles. The van der Waals surface area contributed by atoms with E-state index < -0.39 is 5.97 Å². The molecule has 0 bridgehead atoms. The van der Waals surface area contributed by atoms with Gasteiger partial charge in [-0.3, -0.25) is 4.79 Å². The molecule has 3 aromatic rings. The van der Waals surface area contributed by atoms with Gasteiger partial charge in [-0.2, -0.15) is 0 Å². The summed E-state index contributed by atoms with van der Waals surface area (Å²) < 4.78 is 15.8. The number of carbonyl (C=O) groups is 2. The van der Waals surface area contributed by atoms with Crippen LogP contribution in [0.3, 0.4) is 0 Å². The molecular formula is C24H20O5. The average molecular weight is 388 g/mol. The Morgan fingerprint density at radius 1 is 0.793 bits per heavy atom. The van der Waals surface area contributed by atoms with Gasteiger partial charge in [0.05, 0.1) is 25.3 Å². The van der Waals surface area contributed by atoms with Crippen molar-refractivity contribution in [3.05, 3.63) is 95.6 Å². The molecule has 3 aromatic carbocycles. The highest BCUT2D eigenvalue weighted by atomic mass is 16.5. The van der Waals surface area contributed by atoms with Crippen LogP contribution in [0.4, 0.5) is 0 Å². The third kappa shape index (κ3) is 5.11. The molecule has 0 saturated carbocycles. The zero-order chi connectivity index (χ0) is 20.6. The molecule has 0 heterocycles. The van der Waals surface area contributed by atoms with E-state index >= 15 is 0 Å². The van der Waals surface area contributed by atoms with Crippen LogP contribution in [0.15, 0.2) is 78.9 Å². The lowest BCUT2D eigenvalue weighted by molar-refractivity contribution is 0.0734. The Labute approximate surface area is 169 Å². The van der Waals surface area contributed by atoms with Gasteiger partial charge in [-0.25, -0.2) is 4.79 Å². The fourth-order valence-corrected chi connectivity index (χ4v) is 2.66. The minimum atomic E-state index is -0.422. The normalized spacial score (nSPS) is 10.6. The van der Waals surface area contributed by atoms with Gasteiger partial charge in [0.15, 0.2) is 5.78 Å². The summed E-state index contributed by atoms with van der Waals surface area (Å²) >= 11 is 0. The zero-order valence-electron chi connectivity index (χ0n) is 16.1. The predicted molar refractivity (Wildman–Crippen MR) is 111 cm³/mol. The fourth-order valence-electron chi connectivity index (χ4n) is 2.66. The van der Waals surface area contributed by atoms with E-state index in [1.165, 1.54) is 20.3 Å². The summed E-state index contributed by atoms with van der Waals surface area (Å²) in [5.41, 5.74) is 1.69. The average Bonchev–Trinajstić information content (AvgIpc) is 2.78. The first-order chi connectivity index (χ1) is 14.1. The van der Waals surface area contributed by atoms with Crippen LogP contribution in [0.2, 0.25) is 0 Å². The maximum Gasteiger partial charge on any atom is 0.343 e. The molecule has 0 N–H and O–H groups in total. The smallest absolute Gasteiger partial charge is 0.343 e. The van der Waals surface area contributed by atoms with E-state index in [2.05, 4.69) is 0 Å². The maximum atomic E-state index is 12.5. The van der Waals surface area contributed by atoms with Crippen molar-refractivity contribution < 1.29 is 23.8 Å². The number of benzene rings is 3. The standard InChI is InChI=1S/C24H20O5/c1-27-20-13-15-23(28-2)21(16-20)22(25)14-10-17-8-11-19(12-9-17)29-24(26)18-6-4-3-5-7-18/h3-16H,1-2H3/b14-10+. The quantitative estimate of drug-likeness (QED) is 0.251. The van der Waals surface area contributed by atoms with Crippen molar-refractivity contribution in [3.8, 4) is 17.2 Å². The van der Waals surface area contributed by atoms with Crippen LogP contribution in [0, 0.1) is 0 Å². The van der Waals surface area contributed by atoms with Crippen molar-refractivity contribution >= 4 is 17.8 Å². The van der Waals surface area contributed by atoms with Crippen molar-refractivity contribution in [1.82, 2.24) is 0 Å². The maximum absolute atomic E-state index is 12.5. The van der Waals surface area contributed by atoms with E-state index in [1.807, 2.05) is 6.07 Å². The molecule has 0 unspecified atom stereocenters. The van der Waals surface area contributed by atoms with Gasteiger partial charge >= 0.3 is 5.97 Å². The van der Waals surface area contributed by atoms with Gasteiger partial charge < -0.3 is 14.2 Å². The Morgan fingerprint density at radius 3 is 2.14 bits per heavy atom. The first-order valence-corrected chi connectivity index (χ1v) is 8.92. The number of esters is 1. The Morgan fingerprint density at radius 2 is 1.48 bits per heavy atom. The number of ether oxygens (including phenoxy) is 3. The van der Waals surface area contributed by atoms with Crippen molar-refractivity contribution in [2.45, 2.75) is 0 Å². The predicted octanol–water partition coefficient (Wildman–Crippen LogP) is 4.82. The van der Waals surface area contributed by atoms with Crippen LogP contribution in [-0.2, 0) is 0 Å². The van der Waals surface area contributed by atoms with Crippen LogP contribution in [0.25, 0.3) is 6.08 Å². The molecule has 0 aromatic heterocycles. The second-order valence-corrected chi connectivity index (χ2v) is 6.09. The third-order valence-corrected chi connectivity index (χ3v) is 4.20. The first-order valence-electron chi connectivity index (χ1n) is 8.92. The molecule has 29 heavy (non-hydrogen) atoms. The summed E-state index contributed by atoms with van der Waals surface area (Å²) in [5, 5.41) is 0. The number of carbonyl (C=O) groups excluding carboxylic acids is 2. The van der Waals surface area contributed by atoms with Crippen molar-refractivity contribution in [3.63, 3.8) is 0 Å². The number of hydrogen-bond acceptors (Lipinski definition) is 5. The van der Waals surface area contributed by atoms with E-state index in [4.69, 9.17) is 14.2 Å². The summed E-state index contributed by atoms with van der Waals surface area (Å²) in [6.07, 6.45) is 3.15. The Hall–Kier alpha value is -3.86. The van der Waals surface area contributed by atoms with E-state index in [0.717, 1.165) is 5.56 Å². The second-order valence-electron chi connectivity index (χ2n) is 6.09. The molecule has 0 spiro atoms. The van der Waals surface area contributed by atoms with Gasteiger partial charge in [0.1, 0.15) is 17.2 Å². The number of ketones is 1. The molecule has 5 nitrogen and oxygen atoms in total. The molecule has 5 heteroatoms. The molecule has 3 rings (SSSR count). The van der Waals surface area contributed by atoms with Gasteiger partial charge in [-0.05, 0) is 54.1 Å². The summed E-state index contributed by atoms with van der Waals surface area (Å²) in [4.78, 5) is 24.6. The van der Waals surface area contributed by atoms with E-state index in [9.17, 15) is 9.59 Å². The summed E-state index contributed by atoms with van der Waals surface area (Å²) in [6, 6.07) is 20.7. The zero-order valence-corrected chi connectivity index (χ0v) is 16.1. The molecule has 0 atom stereocenters. The molecule has 0 aliphatic heterocycles. The lowest BCUT2D eigenvalue weighted by Crippen LogP contribution is -2.07. The second kappa shape index (κ2) is 9.37. The monoisotopic (exact) mass is 388 g/mol. The van der Waals surface area contributed by atoms with Gasteiger partial charge in [-0.15, -0.1) is 0 Å². The summed E-state index contributed by atoms with van der Waals surface area (Å²) in [7, 11) is 3.05. The van der Waals surface area contributed by atoms with Crippen LogP contribution in [-0.4, -0.2) is 26.0 Å². The van der Waals surface area contributed by atoms with Crippen molar-refractivity contribution in [2.24, 2.45) is 0 Å². The third-order valence-electron chi connectivity index (χ3n) is 4.20. The minimum Gasteiger partial charge on any atom is -0.497 e. The highest BCUT2D eigenvalue weighted by molar-refractivity contribution is 6.08. The molecule has 0 aliphatic rings. The fraction of sp³-hybridized carbons (Fsp3) is 0.0833. The molecule has 0 radical (unpaired) electrons. The SMILES string of the molecule is COc1ccc(OC)c(C(=O)/C=C/c2ccc(OC(=O)c3ccccc3)cc2)c1. The number of methoxy groups -OCH3 is 2. The topological polar surface area (TPSA) is 61.8 Å². The van der Waals surface area contributed by atoms with Gasteiger partial charge in [0.25, 0.3) is 0 Å². The largest absolute Gasteiger partial charge is 0.497 e. The molecule has 146 valence electrons. The van der Waals surface area contributed by atoms with Crippen LogP contribution >= 0.6 is 0 Å². The van der Waals surface area contributed by atoms with Crippen LogP contribution < -0.4 is 14.2 Å². The van der Waals surface area contributed by atoms with E-state index in [1.54, 1.807) is 72.8 Å². The van der Waals surface area contributed by atoms with E-state index in [0.29, 0.717) is 28.4 Å². The number of rotatable bonds is 7. The molecular weight excluding hydrogens is 368 g/mol. The van der Waals surface area contributed by atoms with Gasteiger partial charge in [0, 0.05) is 0 Å². The summed E-state index contributed by atoms with van der Waals surface area (Å²) in [5.74, 6) is 0.849. The van der Waals surface area contributed by atoms with Crippen LogP contribution in [0.1, 0.15) is 26.3 Å². The van der Waals surface area contributed by atoms with Crippen molar-refractivity contribution in [1.29, 1.82) is 0 Å². The number of hydrogen-bond donors (Lipinski definition) is 0. The van der Waals surface area contributed by atoms with Gasteiger partial charge in [-0.1, -0.05) is 36.4 Å². The number of allylic oxidation sites excluding steroid dienone is 1. The first kappa shape index (κ1) is 19.9. The molecule has 0 fully saturated rings. The van der Waals surface area contributed by atoms with E-state index in [-0.39, 0.29) is 5.78 Å². The highest BCUT2D eigenvalue weighted by Crippen LogP contribution is 2.25. The highest BCUT2D eigenvalue weighted by Gasteiger charge is 2.11. The Bertz CT molecular complexity index is 1020. The van der Waals surface area contributed by atoms with Crippen LogP contribution in [0.5, 0.6) is 17.2 Å². The lowest BCUT2D eigenvalue weighted by atomic mass is 10.1. The Kier molecular flexibility index (Phi) is 6.43.